The molecule has 6 nitrogen and oxygen atoms in total. The third-order valence-electron chi connectivity index (χ3n) is 7.34. The molecule has 0 spiro atoms. The van der Waals surface area contributed by atoms with Crippen molar-refractivity contribution in [1.82, 2.24) is 4.57 Å². The molecule has 0 unspecified atom stereocenters. The van der Waals surface area contributed by atoms with Crippen LogP contribution in [0.2, 0.25) is 0 Å². The number of rotatable bonds is 4. The molecule has 0 amide bonds. The lowest BCUT2D eigenvalue weighted by atomic mass is 10.0. The van der Waals surface area contributed by atoms with Gasteiger partial charge in [-0.3, -0.25) is 0 Å². The highest BCUT2D eigenvalue weighted by atomic mass is 32.2. The molecule has 0 aliphatic heterocycles. The molecule has 0 saturated carbocycles. The molecule has 222 valence electrons. The number of halogens is 3. The molecule has 0 radical (unpaired) electrons. The van der Waals surface area contributed by atoms with Crippen molar-refractivity contribution in [1.29, 1.82) is 0 Å². The topological polar surface area (TPSA) is 75.2 Å². The van der Waals surface area contributed by atoms with Gasteiger partial charge in [-0.25, -0.2) is 8.42 Å². The van der Waals surface area contributed by atoms with E-state index in [1.807, 2.05) is 12.1 Å². The van der Waals surface area contributed by atoms with Gasteiger partial charge in [0.25, 0.3) is 0 Å². The van der Waals surface area contributed by atoms with Crippen LogP contribution in [-0.4, -0.2) is 30.2 Å². The average Bonchev–Trinajstić information content (AvgIpc) is 3.27. The minimum Gasteiger partial charge on any atom is -0.741 e. The standard InChI is InChI=1S/C32H29N2O.CHF3O3S/c1-5-33-31-19-24-18-30(23-9-7-6-8-10-23)34(26-11-13-27(35-4)14-12-26)20-25(24)17-28(31)29-16-21(2)15-22(3)32(29)33;2-1(3,4)8(5,6)7/h6-20H,5H2,1-4H3;(H,5,6,7)/q+1;/p-1. The molecule has 0 saturated heterocycles. The van der Waals surface area contributed by atoms with Gasteiger partial charge in [0, 0.05) is 23.5 Å². The molecule has 0 fully saturated rings. The summed E-state index contributed by atoms with van der Waals surface area (Å²) in [5.41, 5.74) is 3.08. The van der Waals surface area contributed by atoms with E-state index >= 15 is 0 Å². The van der Waals surface area contributed by atoms with Gasteiger partial charge in [-0.15, -0.1) is 0 Å². The number of alkyl halides is 3. The summed E-state index contributed by atoms with van der Waals surface area (Å²) in [6.07, 6.45) is 2.27. The van der Waals surface area contributed by atoms with Crippen LogP contribution in [0.25, 0.3) is 49.5 Å². The van der Waals surface area contributed by atoms with E-state index in [4.69, 9.17) is 17.7 Å². The Morgan fingerprint density at radius 1 is 0.884 bits per heavy atom. The molecule has 6 rings (SSSR count). The van der Waals surface area contributed by atoms with Crippen LogP contribution < -0.4 is 9.30 Å². The monoisotopic (exact) mass is 606 g/mol. The Hall–Kier alpha value is -4.41. The second-order valence-corrected chi connectivity index (χ2v) is 11.6. The fourth-order valence-corrected chi connectivity index (χ4v) is 5.48. The fraction of sp³-hybridized carbons (Fsp3) is 0.182. The first-order chi connectivity index (χ1) is 20.3. The molecule has 4 aromatic carbocycles. The quantitative estimate of drug-likeness (QED) is 0.118. The van der Waals surface area contributed by atoms with Crippen LogP contribution in [0.4, 0.5) is 13.2 Å². The van der Waals surface area contributed by atoms with Crippen molar-refractivity contribution >= 4 is 42.7 Å². The maximum atomic E-state index is 10.7. The number of pyridine rings is 1. The van der Waals surface area contributed by atoms with Gasteiger partial charge in [0.05, 0.1) is 23.6 Å². The van der Waals surface area contributed by atoms with Crippen LogP contribution in [-0.2, 0) is 16.7 Å². The van der Waals surface area contributed by atoms with Crippen LogP contribution in [0.15, 0.2) is 91.1 Å². The molecule has 43 heavy (non-hydrogen) atoms. The summed E-state index contributed by atoms with van der Waals surface area (Å²) >= 11 is 0. The van der Waals surface area contributed by atoms with Crippen LogP contribution in [0.5, 0.6) is 5.75 Å². The van der Waals surface area contributed by atoms with Crippen LogP contribution >= 0.6 is 0 Å². The number of aryl methyl sites for hydroxylation is 3. The Morgan fingerprint density at radius 2 is 1.53 bits per heavy atom. The number of hydrogen-bond acceptors (Lipinski definition) is 4. The van der Waals surface area contributed by atoms with Crippen molar-refractivity contribution < 1.29 is 35.4 Å². The zero-order valence-corrected chi connectivity index (χ0v) is 24.8. The normalized spacial score (nSPS) is 12.0. The molecule has 6 aromatic rings. The largest absolute Gasteiger partial charge is 0.741 e. The fourth-order valence-electron chi connectivity index (χ4n) is 5.48. The van der Waals surface area contributed by atoms with E-state index in [9.17, 15) is 13.2 Å². The van der Waals surface area contributed by atoms with E-state index in [0.29, 0.717) is 0 Å². The number of hydrogen-bond donors (Lipinski definition) is 0. The van der Waals surface area contributed by atoms with Gasteiger partial charge in [0.2, 0.25) is 11.0 Å². The number of fused-ring (bicyclic) bond motifs is 4. The SMILES string of the molecule is CC[n+]1c2cc3cc(-c4ccccc4)n(-c4ccc(OC)cc4)cc3cc2c2cc(C)cc(C)c21.O=S(=O)([O-])C(F)(F)F. The molecule has 2 heterocycles. The molecule has 0 N–H and O–H groups in total. The number of benzene rings is 4. The number of methoxy groups -OCH3 is 1. The van der Waals surface area contributed by atoms with Gasteiger partial charge < -0.3 is 13.9 Å². The van der Waals surface area contributed by atoms with Crippen LogP contribution in [0.1, 0.15) is 18.1 Å². The van der Waals surface area contributed by atoms with E-state index < -0.39 is 15.6 Å². The van der Waals surface area contributed by atoms with E-state index in [0.717, 1.165) is 23.7 Å². The molecule has 0 aliphatic rings. The number of aromatic nitrogens is 2. The highest BCUT2D eigenvalue weighted by Gasteiger charge is 2.37. The van der Waals surface area contributed by atoms with Crippen LogP contribution in [0.3, 0.4) is 0 Å². The highest BCUT2D eigenvalue weighted by Crippen LogP contribution is 2.34. The summed E-state index contributed by atoms with van der Waals surface area (Å²) in [4.78, 5) is 0. The van der Waals surface area contributed by atoms with Crippen molar-refractivity contribution in [3.8, 4) is 22.7 Å². The second kappa shape index (κ2) is 11.3. The molecule has 10 heteroatoms. The van der Waals surface area contributed by atoms with Gasteiger partial charge in [-0.05, 0) is 91.2 Å². The Balaban J connectivity index is 0.000000407. The molecular formula is C33H29F3N2O4S. The zero-order chi connectivity index (χ0) is 31.1. The third-order valence-corrected chi connectivity index (χ3v) is 7.90. The minimum absolute atomic E-state index is 0.858. The van der Waals surface area contributed by atoms with E-state index in [1.165, 1.54) is 49.3 Å². The molecular weight excluding hydrogens is 577 g/mol. The zero-order valence-electron chi connectivity index (χ0n) is 23.9. The third kappa shape index (κ3) is 5.80. The van der Waals surface area contributed by atoms with Crippen molar-refractivity contribution in [3.63, 3.8) is 0 Å². The Kier molecular flexibility index (Phi) is 7.93. The maximum Gasteiger partial charge on any atom is 0.485 e. The first-order valence-corrected chi connectivity index (χ1v) is 14.9. The molecule has 0 atom stereocenters. The lowest BCUT2D eigenvalue weighted by molar-refractivity contribution is -0.640. The summed E-state index contributed by atoms with van der Waals surface area (Å²) in [6, 6.07) is 30.6. The first kappa shape index (κ1) is 30.1. The summed E-state index contributed by atoms with van der Waals surface area (Å²) in [5, 5.41) is 5.12. The first-order valence-electron chi connectivity index (χ1n) is 13.5. The Bertz CT molecular complexity index is 2070. The summed E-state index contributed by atoms with van der Waals surface area (Å²) in [5.74, 6) is 0.858. The number of ether oxygens (including phenoxy) is 1. The van der Waals surface area contributed by atoms with Crippen molar-refractivity contribution in [3.05, 3.63) is 102 Å². The minimum atomic E-state index is -6.09. The van der Waals surface area contributed by atoms with Gasteiger partial charge >= 0.3 is 5.51 Å². The van der Waals surface area contributed by atoms with Gasteiger partial charge in [-0.1, -0.05) is 30.3 Å². The summed E-state index contributed by atoms with van der Waals surface area (Å²) in [7, 11) is -4.39. The maximum absolute atomic E-state index is 10.7. The second-order valence-electron chi connectivity index (χ2n) is 10.2. The van der Waals surface area contributed by atoms with E-state index in [2.05, 4.69) is 109 Å². The summed E-state index contributed by atoms with van der Waals surface area (Å²) in [6.45, 7) is 7.59. The molecule has 0 bridgehead atoms. The predicted molar refractivity (Wildman–Crippen MR) is 161 cm³/mol. The Morgan fingerprint density at radius 3 is 2.12 bits per heavy atom. The van der Waals surface area contributed by atoms with Gasteiger partial charge in [0.15, 0.2) is 10.1 Å². The molecule has 2 aromatic heterocycles. The average molecular weight is 607 g/mol. The summed E-state index contributed by atoms with van der Waals surface area (Å²) < 4.78 is 69.1. The van der Waals surface area contributed by atoms with E-state index in [1.54, 1.807) is 7.11 Å². The lowest BCUT2D eigenvalue weighted by Crippen LogP contribution is -2.31. The smallest absolute Gasteiger partial charge is 0.485 e. The van der Waals surface area contributed by atoms with E-state index in [-0.39, 0.29) is 0 Å². The van der Waals surface area contributed by atoms with Crippen molar-refractivity contribution in [2.75, 3.05) is 7.11 Å². The predicted octanol–water partition coefficient (Wildman–Crippen LogP) is 7.59. The van der Waals surface area contributed by atoms with Crippen LogP contribution in [0, 0.1) is 13.8 Å². The Labute approximate surface area is 247 Å². The van der Waals surface area contributed by atoms with Gasteiger partial charge in [0.1, 0.15) is 12.3 Å². The van der Waals surface area contributed by atoms with Crippen molar-refractivity contribution in [2.45, 2.75) is 32.8 Å². The highest BCUT2D eigenvalue weighted by molar-refractivity contribution is 7.86. The number of nitrogens with zero attached hydrogens (tertiary/aromatic N) is 2. The molecule has 0 aliphatic carbocycles. The van der Waals surface area contributed by atoms with Crippen molar-refractivity contribution in [2.24, 2.45) is 0 Å². The lowest BCUT2D eigenvalue weighted by Gasteiger charge is -2.16. The van der Waals surface area contributed by atoms with Gasteiger partial charge in [-0.2, -0.15) is 17.7 Å².